The van der Waals surface area contributed by atoms with Crippen molar-refractivity contribution < 1.29 is 28.6 Å². The minimum Gasteiger partial charge on any atom is -0.466 e. The number of carbonyl (C=O) groups is 3. The number of ether oxygens (including phenoxy) is 3. The smallest absolute Gasteiger partial charge is 0.310 e. The minimum atomic E-state index is -0.174. The van der Waals surface area contributed by atoms with Crippen molar-refractivity contribution in [2.24, 2.45) is 29.4 Å². The quantitative estimate of drug-likeness (QED) is 0.357. The van der Waals surface area contributed by atoms with Crippen LogP contribution in [0, 0.1) is 23.7 Å². The van der Waals surface area contributed by atoms with E-state index in [1.165, 1.54) is 0 Å². The maximum Gasteiger partial charge on any atom is 0.310 e. The fraction of sp³-hybridized carbons (Fsp3) is 0.875. The predicted molar refractivity (Wildman–Crippen MR) is 128 cm³/mol. The van der Waals surface area contributed by atoms with Gasteiger partial charge in [-0.2, -0.15) is 0 Å². The van der Waals surface area contributed by atoms with E-state index in [4.69, 9.17) is 19.9 Å². The Bertz CT molecular complexity index is 536. The van der Waals surface area contributed by atoms with Crippen molar-refractivity contribution in [3.63, 3.8) is 0 Å². The van der Waals surface area contributed by atoms with Crippen molar-refractivity contribution in [1.82, 2.24) is 10.6 Å². The van der Waals surface area contributed by atoms with Gasteiger partial charge in [-0.25, -0.2) is 0 Å². The summed E-state index contributed by atoms with van der Waals surface area (Å²) in [7, 11) is 0. The van der Waals surface area contributed by atoms with Crippen LogP contribution in [0.1, 0.15) is 60.3 Å². The third kappa shape index (κ3) is 14.2. The highest BCUT2D eigenvalue weighted by atomic mass is 16.5. The molecule has 9 nitrogen and oxygen atoms in total. The molecule has 0 radical (unpaired) electrons. The zero-order valence-electron chi connectivity index (χ0n) is 21.3. The van der Waals surface area contributed by atoms with E-state index < -0.39 is 0 Å². The summed E-state index contributed by atoms with van der Waals surface area (Å²) in [6.07, 6.45) is 3.79. The van der Waals surface area contributed by atoms with Crippen LogP contribution in [0.4, 0.5) is 0 Å². The highest BCUT2D eigenvalue weighted by molar-refractivity contribution is 5.73. The minimum absolute atomic E-state index is 0.0419. The number of piperidine rings is 2. The highest BCUT2D eigenvalue weighted by Gasteiger charge is 2.25. The van der Waals surface area contributed by atoms with Gasteiger partial charge in [0.25, 0.3) is 0 Å². The molecule has 0 saturated carbocycles. The molecule has 2 aliphatic heterocycles. The molecule has 0 aliphatic carbocycles. The van der Waals surface area contributed by atoms with Crippen LogP contribution in [0.3, 0.4) is 0 Å². The largest absolute Gasteiger partial charge is 0.466 e. The molecule has 2 fully saturated rings. The molecule has 4 atom stereocenters. The second-order valence-electron chi connectivity index (χ2n) is 8.34. The van der Waals surface area contributed by atoms with Crippen molar-refractivity contribution in [1.29, 1.82) is 0 Å². The maximum atomic E-state index is 11.3. The lowest BCUT2D eigenvalue weighted by Gasteiger charge is -2.25. The second-order valence-corrected chi connectivity index (χ2v) is 8.34. The summed E-state index contributed by atoms with van der Waals surface area (Å²) in [6, 6.07) is 0. The predicted octanol–water partition coefficient (Wildman–Crippen LogP) is 1.88. The van der Waals surface area contributed by atoms with Gasteiger partial charge in [0, 0.05) is 19.6 Å². The van der Waals surface area contributed by atoms with Gasteiger partial charge in [-0.05, 0) is 65.5 Å². The molecule has 33 heavy (non-hydrogen) atoms. The van der Waals surface area contributed by atoms with Crippen LogP contribution in [0.15, 0.2) is 0 Å². The molecule has 2 saturated heterocycles. The Morgan fingerprint density at radius 1 is 0.879 bits per heavy atom. The molecule has 0 spiro atoms. The summed E-state index contributed by atoms with van der Waals surface area (Å²) >= 11 is 0. The molecule has 4 N–H and O–H groups in total. The van der Waals surface area contributed by atoms with Crippen LogP contribution >= 0.6 is 0 Å². The fourth-order valence-corrected chi connectivity index (χ4v) is 3.60. The number of esters is 3. The van der Waals surface area contributed by atoms with Crippen LogP contribution in [-0.4, -0.2) is 70.5 Å². The van der Waals surface area contributed by atoms with E-state index in [0.29, 0.717) is 32.3 Å². The molecule has 0 bridgehead atoms. The van der Waals surface area contributed by atoms with Gasteiger partial charge >= 0.3 is 17.9 Å². The Kier molecular flexibility index (Phi) is 18.7. The number of nitrogens with one attached hydrogen (secondary N) is 2. The van der Waals surface area contributed by atoms with Crippen molar-refractivity contribution in [3.8, 4) is 0 Å². The van der Waals surface area contributed by atoms with E-state index in [9.17, 15) is 14.4 Å². The molecule has 0 aromatic carbocycles. The lowest BCUT2D eigenvalue weighted by molar-refractivity contribution is -0.149. The molecule has 4 unspecified atom stereocenters. The van der Waals surface area contributed by atoms with E-state index in [0.717, 1.165) is 51.9 Å². The summed E-state index contributed by atoms with van der Waals surface area (Å²) in [5.74, 6) is 0.397. The molecule has 194 valence electrons. The van der Waals surface area contributed by atoms with Crippen molar-refractivity contribution in [3.05, 3.63) is 0 Å². The maximum absolute atomic E-state index is 11.3. The number of nitrogens with two attached hydrogens (primary N) is 1. The number of hydrogen-bond donors (Lipinski definition) is 3. The lowest BCUT2D eigenvalue weighted by atomic mass is 9.92. The van der Waals surface area contributed by atoms with Crippen molar-refractivity contribution in [2.45, 2.75) is 60.3 Å². The fourth-order valence-electron chi connectivity index (χ4n) is 3.60. The standard InChI is InChI=1S/C9H17NO2.C8H15NO2.C7H15NO2/c1-3-12-9(11)8-4-7(2)5-10-6-8;1-2-11-8(10)7-4-3-5-9-6-7;1-3-6(5-8)7(9)10-4-2/h7-8,10H,3-6H2,1-2H3;7,9H,2-6H2,1H3;6H,3-5,8H2,1-2H3. The van der Waals surface area contributed by atoms with Gasteiger partial charge in [0.2, 0.25) is 0 Å². The van der Waals surface area contributed by atoms with Gasteiger partial charge in [-0.15, -0.1) is 0 Å². The van der Waals surface area contributed by atoms with Gasteiger partial charge in [-0.3, -0.25) is 14.4 Å². The second kappa shape index (κ2) is 19.7. The SMILES string of the molecule is CCOC(=O)C(CC)CN.CCOC(=O)C1CCCNC1.CCOC(=O)C1CNCC(C)C1. The Morgan fingerprint density at radius 2 is 1.45 bits per heavy atom. The van der Waals surface area contributed by atoms with Crippen molar-refractivity contribution in [2.75, 3.05) is 52.5 Å². The molecule has 2 aliphatic rings. The highest BCUT2D eigenvalue weighted by Crippen LogP contribution is 2.16. The first kappa shape index (κ1) is 31.3. The van der Waals surface area contributed by atoms with Crippen LogP contribution in [0.25, 0.3) is 0 Å². The first-order valence-corrected chi connectivity index (χ1v) is 12.5. The first-order valence-electron chi connectivity index (χ1n) is 12.5. The molecule has 0 amide bonds. The van der Waals surface area contributed by atoms with E-state index in [1.807, 2.05) is 20.8 Å². The van der Waals surface area contributed by atoms with Gasteiger partial charge in [0.05, 0.1) is 37.6 Å². The van der Waals surface area contributed by atoms with Crippen LogP contribution in [0.5, 0.6) is 0 Å². The van der Waals surface area contributed by atoms with Crippen molar-refractivity contribution >= 4 is 17.9 Å². The van der Waals surface area contributed by atoms with E-state index in [1.54, 1.807) is 6.92 Å². The summed E-state index contributed by atoms with van der Waals surface area (Å²) in [4.78, 5) is 33.3. The molecule has 0 aromatic rings. The Balaban J connectivity index is 0.000000468. The summed E-state index contributed by atoms with van der Waals surface area (Å²) < 4.78 is 14.6. The Hall–Kier alpha value is -1.71. The number of hydrogen-bond acceptors (Lipinski definition) is 9. The molecule has 9 heteroatoms. The topological polar surface area (TPSA) is 129 Å². The average molecular weight is 474 g/mol. The van der Waals surface area contributed by atoms with Crippen LogP contribution < -0.4 is 16.4 Å². The monoisotopic (exact) mass is 473 g/mol. The molecule has 0 aromatic heterocycles. The molecule has 2 heterocycles. The van der Waals surface area contributed by atoms with E-state index in [-0.39, 0.29) is 35.7 Å². The first-order chi connectivity index (χ1) is 15.8. The number of rotatable bonds is 8. The normalized spacial score (nSPS) is 22.9. The summed E-state index contributed by atoms with van der Waals surface area (Å²) in [5, 5.41) is 6.40. The van der Waals surface area contributed by atoms with Gasteiger partial charge in [0.15, 0.2) is 0 Å². The number of carbonyl (C=O) groups excluding carboxylic acids is 3. The zero-order valence-corrected chi connectivity index (χ0v) is 21.3. The van der Waals surface area contributed by atoms with Crippen LogP contribution in [0.2, 0.25) is 0 Å². The van der Waals surface area contributed by atoms with E-state index in [2.05, 4.69) is 17.6 Å². The zero-order chi connectivity index (χ0) is 25.1. The summed E-state index contributed by atoms with van der Waals surface area (Å²) in [5.41, 5.74) is 5.31. The molecule has 2 rings (SSSR count). The lowest BCUT2D eigenvalue weighted by Crippen LogP contribution is -2.39. The third-order valence-electron chi connectivity index (χ3n) is 5.50. The van der Waals surface area contributed by atoms with Gasteiger partial charge < -0.3 is 30.6 Å². The van der Waals surface area contributed by atoms with Gasteiger partial charge in [0.1, 0.15) is 0 Å². The van der Waals surface area contributed by atoms with Crippen LogP contribution in [-0.2, 0) is 28.6 Å². The Labute approximate surface area is 199 Å². The molecular formula is C24H47N3O6. The van der Waals surface area contributed by atoms with E-state index >= 15 is 0 Å². The summed E-state index contributed by atoms with van der Waals surface area (Å²) in [6.45, 7) is 15.0. The average Bonchev–Trinajstić information content (AvgIpc) is 2.82. The van der Waals surface area contributed by atoms with Gasteiger partial charge in [-0.1, -0.05) is 13.8 Å². The Morgan fingerprint density at radius 3 is 1.91 bits per heavy atom. The molecular weight excluding hydrogens is 426 g/mol. The third-order valence-corrected chi connectivity index (χ3v) is 5.50.